The first-order valence-corrected chi connectivity index (χ1v) is 5.84. The van der Waals surface area contributed by atoms with E-state index in [1.807, 2.05) is 0 Å². The van der Waals surface area contributed by atoms with Crippen molar-refractivity contribution < 1.29 is 28.2 Å². The van der Waals surface area contributed by atoms with E-state index in [-0.39, 0.29) is 5.75 Å². The molecule has 0 heterocycles. The summed E-state index contributed by atoms with van der Waals surface area (Å²) in [5, 5.41) is 8.86. The van der Waals surface area contributed by atoms with Gasteiger partial charge in [-0.05, 0) is 36.4 Å². The molecule has 6 heteroatoms. The highest BCUT2D eigenvalue weighted by atomic mass is 19.2. The van der Waals surface area contributed by atoms with Crippen molar-refractivity contribution in [1.29, 1.82) is 0 Å². The van der Waals surface area contributed by atoms with Crippen molar-refractivity contribution in [3.63, 3.8) is 0 Å². The molecular weight excluding hydrogens is 282 g/mol. The van der Waals surface area contributed by atoms with E-state index in [4.69, 9.17) is 5.11 Å². The summed E-state index contributed by atoms with van der Waals surface area (Å²) in [5.74, 6) is -1.69. The molecule has 21 heavy (non-hydrogen) atoms. The highest BCUT2D eigenvalue weighted by molar-refractivity contribution is 5.89. The van der Waals surface area contributed by atoms with Gasteiger partial charge in [-0.3, -0.25) is 0 Å². The van der Waals surface area contributed by atoms with Gasteiger partial charge in [0.2, 0.25) is 0 Å². The molecular formula is C15H14F2O4. The zero-order valence-corrected chi connectivity index (χ0v) is 11.5. The third-order valence-electron chi connectivity index (χ3n) is 2.42. The van der Waals surface area contributed by atoms with E-state index in [9.17, 15) is 13.6 Å². The molecule has 0 saturated heterocycles. The van der Waals surface area contributed by atoms with Crippen molar-refractivity contribution >= 4 is 5.97 Å². The predicted molar refractivity (Wildman–Crippen MR) is 72.4 cm³/mol. The lowest BCUT2D eigenvalue weighted by Crippen LogP contribution is -1.99. The number of ether oxygens (including phenoxy) is 2. The van der Waals surface area contributed by atoms with Gasteiger partial charge in [0.15, 0.2) is 11.6 Å². The standard InChI is InChI=1S/C8H8O3.C7H6F2O/c1-11-8(10)6-2-4-7(9)5-3-6;1-10-5-2-3-6(8)7(9)4-5/h2-5,9H,1H3;2-4H,1H3. The second-order valence-electron chi connectivity index (χ2n) is 3.82. The monoisotopic (exact) mass is 296 g/mol. The summed E-state index contributed by atoms with van der Waals surface area (Å²) in [6, 6.07) is 9.25. The summed E-state index contributed by atoms with van der Waals surface area (Å²) in [7, 11) is 2.71. The molecule has 1 N–H and O–H groups in total. The fourth-order valence-electron chi connectivity index (χ4n) is 1.32. The maximum Gasteiger partial charge on any atom is 0.337 e. The number of methoxy groups -OCH3 is 2. The van der Waals surface area contributed by atoms with Crippen LogP contribution in [0.5, 0.6) is 11.5 Å². The Morgan fingerprint density at radius 1 is 1.00 bits per heavy atom. The minimum absolute atomic E-state index is 0.137. The van der Waals surface area contributed by atoms with E-state index in [0.717, 1.165) is 12.1 Å². The molecule has 0 aliphatic carbocycles. The average molecular weight is 296 g/mol. The number of hydrogen-bond acceptors (Lipinski definition) is 4. The number of phenolic OH excluding ortho intramolecular Hbond substituents is 1. The average Bonchev–Trinajstić information content (AvgIpc) is 2.50. The topological polar surface area (TPSA) is 55.8 Å². The fourth-order valence-corrected chi connectivity index (χ4v) is 1.32. The van der Waals surface area contributed by atoms with Crippen molar-refractivity contribution in [2.75, 3.05) is 14.2 Å². The SMILES string of the molecule is COC(=O)c1ccc(O)cc1.COc1ccc(F)c(F)c1. The zero-order valence-electron chi connectivity index (χ0n) is 11.5. The largest absolute Gasteiger partial charge is 0.508 e. The first-order valence-electron chi connectivity index (χ1n) is 5.84. The van der Waals surface area contributed by atoms with E-state index in [1.165, 1.54) is 44.6 Å². The van der Waals surface area contributed by atoms with E-state index in [0.29, 0.717) is 11.3 Å². The Morgan fingerprint density at radius 3 is 2.10 bits per heavy atom. The molecule has 0 radical (unpaired) electrons. The minimum atomic E-state index is -0.889. The van der Waals surface area contributed by atoms with Crippen LogP contribution in [-0.2, 0) is 4.74 Å². The number of phenols is 1. The lowest BCUT2D eigenvalue weighted by molar-refractivity contribution is 0.0600. The number of carbonyl (C=O) groups is 1. The van der Waals surface area contributed by atoms with Crippen LogP contribution in [0.1, 0.15) is 10.4 Å². The molecule has 112 valence electrons. The number of halogens is 2. The van der Waals surface area contributed by atoms with Crippen LogP contribution in [0.4, 0.5) is 8.78 Å². The van der Waals surface area contributed by atoms with Gasteiger partial charge in [-0.2, -0.15) is 0 Å². The maximum atomic E-state index is 12.3. The third-order valence-corrected chi connectivity index (χ3v) is 2.42. The summed E-state index contributed by atoms with van der Waals surface area (Å²) in [4.78, 5) is 10.8. The number of esters is 1. The lowest BCUT2D eigenvalue weighted by atomic mass is 10.2. The van der Waals surface area contributed by atoms with E-state index < -0.39 is 17.6 Å². The lowest BCUT2D eigenvalue weighted by Gasteiger charge is -1.97. The van der Waals surface area contributed by atoms with Crippen LogP contribution in [0, 0.1) is 11.6 Å². The Hall–Kier alpha value is -2.63. The molecule has 0 aliphatic heterocycles. The van der Waals surface area contributed by atoms with Gasteiger partial charge in [0, 0.05) is 6.07 Å². The highest BCUT2D eigenvalue weighted by Crippen LogP contribution is 2.14. The smallest absolute Gasteiger partial charge is 0.337 e. The molecule has 4 nitrogen and oxygen atoms in total. The van der Waals surface area contributed by atoms with Gasteiger partial charge in [0.25, 0.3) is 0 Å². The Balaban J connectivity index is 0.000000211. The second-order valence-corrected chi connectivity index (χ2v) is 3.82. The summed E-state index contributed by atoms with van der Waals surface area (Å²) in [6.45, 7) is 0. The molecule has 0 amide bonds. The van der Waals surface area contributed by atoms with Crippen molar-refractivity contribution in [2.24, 2.45) is 0 Å². The number of rotatable bonds is 2. The zero-order chi connectivity index (χ0) is 15.8. The van der Waals surface area contributed by atoms with E-state index in [2.05, 4.69) is 9.47 Å². The Labute approximate surface area is 120 Å². The number of carbonyl (C=O) groups excluding carboxylic acids is 1. The van der Waals surface area contributed by atoms with Gasteiger partial charge in [-0.1, -0.05) is 0 Å². The third kappa shape index (κ3) is 5.10. The highest BCUT2D eigenvalue weighted by Gasteiger charge is 2.02. The van der Waals surface area contributed by atoms with Gasteiger partial charge < -0.3 is 14.6 Å². The molecule has 0 spiro atoms. The van der Waals surface area contributed by atoms with Gasteiger partial charge in [-0.25, -0.2) is 13.6 Å². The van der Waals surface area contributed by atoms with Crippen LogP contribution in [0.3, 0.4) is 0 Å². The summed E-state index contributed by atoms with van der Waals surface area (Å²) in [6.07, 6.45) is 0. The van der Waals surface area contributed by atoms with E-state index >= 15 is 0 Å². The molecule has 0 atom stereocenters. The first-order chi connectivity index (χ1) is 9.97. The van der Waals surface area contributed by atoms with Crippen LogP contribution in [0.25, 0.3) is 0 Å². The van der Waals surface area contributed by atoms with Gasteiger partial charge in [0.1, 0.15) is 11.5 Å². The number of hydrogen-bond donors (Lipinski definition) is 1. The molecule has 0 bridgehead atoms. The van der Waals surface area contributed by atoms with Crippen LogP contribution < -0.4 is 4.74 Å². The van der Waals surface area contributed by atoms with Crippen molar-refractivity contribution in [2.45, 2.75) is 0 Å². The molecule has 0 unspecified atom stereocenters. The second kappa shape index (κ2) is 7.84. The van der Waals surface area contributed by atoms with Gasteiger partial charge in [0.05, 0.1) is 19.8 Å². The molecule has 2 aromatic rings. The van der Waals surface area contributed by atoms with Crippen LogP contribution >= 0.6 is 0 Å². The Kier molecular flexibility index (Phi) is 6.13. The van der Waals surface area contributed by atoms with Gasteiger partial charge in [-0.15, -0.1) is 0 Å². The molecule has 2 rings (SSSR count). The van der Waals surface area contributed by atoms with Crippen LogP contribution in [0.2, 0.25) is 0 Å². The molecule has 0 saturated carbocycles. The van der Waals surface area contributed by atoms with E-state index in [1.54, 1.807) is 0 Å². The summed E-state index contributed by atoms with van der Waals surface area (Å²) >= 11 is 0. The number of benzene rings is 2. The molecule has 0 aliphatic rings. The Morgan fingerprint density at radius 2 is 1.62 bits per heavy atom. The summed E-state index contributed by atoms with van der Waals surface area (Å²) in [5.41, 5.74) is 0.435. The van der Waals surface area contributed by atoms with Gasteiger partial charge >= 0.3 is 5.97 Å². The quantitative estimate of drug-likeness (QED) is 0.865. The molecule has 0 aromatic heterocycles. The first kappa shape index (κ1) is 16.4. The van der Waals surface area contributed by atoms with Crippen molar-refractivity contribution in [3.05, 3.63) is 59.7 Å². The summed E-state index contributed by atoms with van der Waals surface area (Å²) < 4.78 is 33.6. The minimum Gasteiger partial charge on any atom is -0.508 e. The maximum absolute atomic E-state index is 12.3. The van der Waals surface area contributed by atoms with Crippen molar-refractivity contribution in [3.8, 4) is 11.5 Å². The molecule has 0 fully saturated rings. The predicted octanol–water partition coefficient (Wildman–Crippen LogP) is 3.15. The normalized spacial score (nSPS) is 9.33. The number of aromatic hydroxyl groups is 1. The fraction of sp³-hybridized carbons (Fsp3) is 0.133. The van der Waals surface area contributed by atoms with Crippen LogP contribution in [0.15, 0.2) is 42.5 Å². The van der Waals surface area contributed by atoms with Crippen molar-refractivity contribution in [1.82, 2.24) is 0 Å². The van der Waals surface area contributed by atoms with Crippen LogP contribution in [-0.4, -0.2) is 25.3 Å². The molecule has 2 aromatic carbocycles. The Bertz CT molecular complexity index is 597.